The molecule has 1 aromatic carbocycles. The summed E-state index contributed by atoms with van der Waals surface area (Å²) in [5.41, 5.74) is 0.934. The standard InChI is InChI=1S/C9H9N3OS/c1-14-9-12-11-8(13-9)10-7-5-3-2-4-6-7/h2-6H,1H3,(H,10,11). The Hall–Kier alpha value is -1.49. The molecule has 0 saturated heterocycles. The van der Waals surface area contributed by atoms with Crippen LogP contribution in [-0.4, -0.2) is 16.5 Å². The highest BCUT2D eigenvalue weighted by Gasteiger charge is 2.03. The number of nitrogens with zero attached hydrogens (tertiary/aromatic N) is 2. The second-order valence-corrected chi connectivity index (χ2v) is 3.33. The van der Waals surface area contributed by atoms with Crippen molar-refractivity contribution in [2.75, 3.05) is 11.6 Å². The lowest BCUT2D eigenvalue weighted by Crippen LogP contribution is -1.88. The number of hydrogen-bond donors (Lipinski definition) is 1. The number of nitrogens with one attached hydrogen (secondary N) is 1. The molecule has 1 aromatic heterocycles. The van der Waals surface area contributed by atoms with Crippen molar-refractivity contribution in [2.45, 2.75) is 5.22 Å². The van der Waals surface area contributed by atoms with Gasteiger partial charge in [-0.2, -0.15) is 0 Å². The zero-order valence-electron chi connectivity index (χ0n) is 7.60. The van der Waals surface area contributed by atoms with Crippen LogP contribution in [0.4, 0.5) is 11.7 Å². The summed E-state index contributed by atoms with van der Waals surface area (Å²) in [6.45, 7) is 0. The lowest BCUT2D eigenvalue weighted by molar-refractivity contribution is 0.469. The van der Waals surface area contributed by atoms with E-state index in [2.05, 4.69) is 15.5 Å². The fourth-order valence-electron chi connectivity index (χ4n) is 0.988. The zero-order valence-corrected chi connectivity index (χ0v) is 8.41. The molecule has 0 fully saturated rings. The lowest BCUT2D eigenvalue weighted by atomic mass is 10.3. The van der Waals surface area contributed by atoms with Crippen LogP contribution < -0.4 is 5.32 Å². The summed E-state index contributed by atoms with van der Waals surface area (Å²) in [5, 5.41) is 11.2. The summed E-state index contributed by atoms with van der Waals surface area (Å²) in [5.74, 6) is 0. The first-order chi connectivity index (χ1) is 6.88. The van der Waals surface area contributed by atoms with Gasteiger partial charge in [0.15, 0.2) is 0 Å². The third kappa shape index (κ3) is 2.05. The predicted molar refractivity (Wildman–Crippen MR) is 55.8 cm³/mol. The van der Waals surface area contributed by atoms with Crippen LogP contribution in [0.2, 0.25) is 0 Å². The van der Waals surface area contributed by atoms with Gasteiger partial charge in [-0.15, -0.1) is 0 Å². The van der Waals surface area contributed by atoms with Crippen molar-refractivity contribution in [2.24, 2.45) is 0 Å². The quantitative estimate of drug-likeness (QED) is 0.784. The monoisotopic (exact) mass is 207 g/mol. The van der Waals surface area contributed by atoms with Gasteiger partial charge in [0.05, 0.1) is 0 Å². The van der Waals surface area contributed by atoms with E-state index in [1.165, 1.54) is 11.8 Å². The molecule has 1 heterocycles. The molecule has 0 radical (unpaired) electrons. The van der Waals surface area contributed by atoms with Gasteiger partial charge in [-0.05, 0) is 18.4 Å². The molecule has 0 atom stereocenters. The van der Waals surface area contributed by atoms with Crippen molar-refractivity contribution in [1.82, 2.24) is 10.2 Å². The van der Waals surface area contributed by atoms with Crippen LogP contribution >= 0.6 is 11.8 Å². The minimum atomic E-state index is 0.417. The summed E-state index contributed by atoms with van der Waals surface area (Å²) < 4.78 is 5.27. The molecule has 5 heteroatoms. The molecule has 14 heavy (non-hydrogen) atoms. The first-order valence-corrected chi connectivity index (χ1v) is 5.30. The van der Waals surface area contributed by atoms with Gasteiger partial charge < -0.3 is 9.73 Å². The molecule has 2 aromatic rings. The topological polar surface area (TPSA) is 51.0 Å². The fraction of sp³-hybridized carbons (Fsp3) is 0.111. The number of thioether (sulfide) groups is 1. The average Bonchev–Trinajstić information content (AvgIpc) is 2.67. The molecule has 4 nitrogen and oxygen atoms in total. The van der Waals surface area contributed by atoms with Gasteiger partial charge in [-0.1, -0.05) is 40.2 Å². The summed E-state index contributed by atoms with van der Waals surface area (Å²) in [4.78, 5) is 0. The number of anilines is 2. The highest BCUT2D eigenvalue weighted by Crippen LogP contribution is 2.18. The Balaban J connectivity index is 2.11. The van der Waals surface area contributed by atoms with Crippen LogP contribution in [-0.2, 0) is 0 Å². The van der Waals surface area contributed by atoms with Crippen LogP contribution in [0.15, 0.2) is 40.0 Å². The van der Waals surface area contributed by atoms with Gasteiger partial charge in [0.2, 0.25) is 0 Å². The van der Waals surface area contributed by atoms with Crippen LogP contribution in [0.25, 0.3) is 0 Å². The third-order valence-corrected chi connectivity index (χ3v) is 2.12. The molecule has 0 unspecified atom stereocenters. The van der Waals surface area contributed by atoms with Gasteiger partial charge in [0, 0.05) is 5.69 Å². The van der Waals surface area contributed by atoms with Crippen molar-refractivity contribution in [3.63, 3.8) is 0 Å². The maximum Gasteiger partial charge on any atom is 0.320 e. The highest BCUT2D eigenvalue weighted by molar-refractivity contribution is 7.98. The Labute approximate surface area is 85.7 Å². The molecule has 0 saturated carbocycles. The second kappa shape index (κ2) is 4.15. The Kier molecular flexibility index (Phi) is 2.69. The summed E-state index contributed by atoms with van der Waals surface area (Å²) in [6.07, 6.45) is 1.89. The van der Waals surface area contributed by atoms with E-state index in [1.807, 2.05) is 36.6 Å². The Bertz CT molecular complexity index is 401. The van der Waals surface area contributed by atoms with E-state index in [4.69, 9.17) is 4.42 Å². The van der Waals surface area contributed by atoms with E-state index in [0.717, 1.165) is 5.69 Å². The normalized spacial score (nSPS) is 10.1. The Morgan fingerprint density at radius 1 is 1.21 bits per heavy atom. The van der Waals surface area contributed by atoms with Crippen LogP contribution in [0, 0.1) is 0 Å². The van der Waals surface area contributed by atoms with Gasteiger partial charge in [-0.3, -0.25) is 0 Å². The lowest BCUT2D eigenvalue weighted by Gasteiger charge is -1.98. The van der Waals surface area contributed by atoms with E-state index in [-0.39, 0.29) is 0 Å². The van der Waals surface area contributed by atoms with E-state index < -0.39 is 0 Å². The number of hydrogen-bond acceptors (Lipinski definition) is 5. The molecule has 0 bridgehead atoms. The summed E-state index contributed by atoms with van der Waals surface area (Å²) in [6, 6.07) is 10.1. The molecule has 0 aliphatic carbocycles. The molecular weight excluding hydrogens is 198 g/mol. The van der Waals surface area contributed by atoms with Crippen molar-refractivity contribution < 1.29 is 4.42 Å². The molecule has 0 aliphatic rings. The van der Waals surface area contributed by atoms with Crippen molar-refractivity contribution in [1.29, 1.82) is 0 Å². The molecule has 1 N–H and O–H groups in total. The van der Waals surface area contributed by atoms with Gasteiger partial charge in [-0.25, -0.2) is 0 Å². The SMILES string of the molecule is CSc1nnc(Nc2ccccc2)o1. The van der Waals surface area contributed by atoms with Gasteiger partial charge >= 0.3 is 6.01 Å². The largest absolute Gasteiger partial charge is 0.398 e. The maximum absolute atomic E-state index is 5.27. The average molecular weight is 207 g/mol. The summed E-state index contributed by atoms with van der Waals surface area (Å²) >= 11 is 1.42. The molecular formula is C9H9N3OS. The summed E-state index contributed by atoms with van der Waals surface area (Å²) in [7, 11) is 0. The number of aromatic nitrogens is 2. The predicted octanol–water partition coefficient (Wildman–Crippen LogP) is 2.54. The number of para-hydroxylation sites is 1. The highest BCUT2D eigenvalue weighted by atomic mass is 32.2. The maximum atomic E-state index is 5.27. The number of rotatable bonds is 3. The first kappa shape index (κ1) is 9.08. The van der Waals surface area contributed by atoms with Crippen LogP contribution in [0.1, 0.15) is 0 Å². The molecule has 0 spiro atoms. The molecule has 2 rings (SSSR count). The van der Waals surface area contributed by atoms with Crippen molar-refractivity contribution >= 4 is 23.5 Å². The first-order valence-electron chi connectivity index (χ1n) is 4.08. The van der Waals surface area contributed by atoms with E-state index >= 15 is 0 Å². The van der Waals surface area contributed by atoms with Crippen molar-refractivity contribution in [3.05, 3.63) is 30.3 Å². The second-order valence-electron chi connectivity index (χ2n) is 2.57. The molecule has 0 aliphatic heterocycles. The Morgan fingerprint density at radius 3 is 2.64 bits per heavy atom. The fourth-order valence-corrected chi connectivity index (χ4v) is 1.27. The smallest absolute Gasteiger partial charge is 0.320 e. The number of benzene rings is 1. The van der Waals surface area contributed by atoms with E-state index in [0.29, 0.717) is 11.2 Å². The third-order valence-electron chi connectivity index (χ3n) is 1.61. The van der Waals surface area contributed by atoms with Crippen LogP contribution in [0.3, 0.4) is 0 Å². The molecule has 0 amide bonds. The van der Waals surface area contributed by atoms with E-state index in [9.17, 15) is 0 Å². The van der Waals surface area contributed by atoms with Crippen molar-refractivity contribution in [3.8, 4) is 0 Å². The zero-order chi connectivity index (χ0) is 9.80. The van der Waals surface area contributed by atoms with E-state index in [1.54, 1.807) is 0 Å². The minimum Gasteiger partial charge on any atom is -0.398 e. The van der Waals surface area contributed by atoms with Gasteiger partial charge in [0.1, 0.15) is 0 Å². The van der Waals surface area contributed by atoms with Crippen LogP contribution in [0.5, 0.6) is 0 Å². The molecule has 72 valence electrons. The minimum absolute atomic E-state index is 0.417. The Morgan fingerprint density at radius 2 is 2.00 bits per heavy atom. The van der Waals surface area contributed by atoms with Gasteiger partial charge in [0.25, 0.3) is 5.22 Å².